The van der Waals surface area contributed by atoms with Gasteiger partial charge in [-0.25, -0.2) is 4.79 Å². The SMILES string of the molecule is Cl.O=C(Nc1ccc(OCCN2CCOCC2)cc1)OCc1ccccc1. The summed E-state index contributed by atoms with van der Waals surface area (Å²) < 4.78 is 16.3. The molecule has 1 amide bonds. The number of carbonyl (C=O) groups excluding carboxylic acids is 1. The fraction of sp³-hybridized carbons (Fsp3) is 0.350. The van der Waals surface area contributed by atoms with E-state index in [-0.39, 0.29) is 19.0 Å². The zero-order valence-electron chi connectivity index (χ0n) is 15.1. The van der Waals surface area contributed by atoms with Crippen LogP contribution in [0.3, 0.4) is 0 Å². The number of hydrogen-bond donors (Lipinski definition) is 1. The third kappa shape index (κ3) is 7.46. The van der Waals surface area contributed by atoms with Gasteiger partial charge in [0.15, 0.2) is 0 Å². The number of amides is 1. The van der Waals surface area contributed by atoms with Crippen LogP contribution in [0.2, 0.25) is 0 Å². The van der Waals surface area contributed by atoms with Crippen molar-refractivity contribution in [3.05, 3.63) is 60.2 Å². The van der Waals surface area contributed by atoms with E-state index < -0.39 is 6.09 Å². The largest absolute Gasteiger partial charge is 0.492 e. The van der Waals surface area contributed by atoms with E-state index >= 15 is 0 Å². The molecule has 1 saturated heterocycles. The highest BCUT2D eigenvalue weighted by Gasteiger charge is 2.10. The van der Waals surface area contributed by atoms with Crippen LogP contribution in [0, 0.1) is 0 Å². The minimum atomic E-state index is -0.477. The molecule has 1 aliphatic heterocycles. The van der Waals surface area contributed by atoms with Crippen molar-refractivity contribution in [1.29, 1.82) is 0 Å². The molecule has 146 valence electrons. The fourth-order valence-corrected chi connectivity index (χ4v) is 2.63. The molecule has 0 unspecified atom stereocenters. The van der Waals surface area contributed by atoms with Gasteiger partial charge in [0.05, 0.1) is 13.2 Å². The standard InChI is InChI=1S/C20H24N2O4.ClH/c23-20(26-16-17-4-2-1-3-5-17)21-18-6-8-19(9-7-18)25-15-12-22-10-13-24-14-11-22;/h1-9H,10-16H2,(H,21,23);1H. The van der Waals surface area contributed by atoms with Crippen LogP contribution >= 0.6 is 12.4 Å². The summed E-state index contributed by atoms with van der Waals surface area (Å²) in [7, 11) is 0. The average molecular weight is 393 g/mol. The van der Waals surface area contributed by atoms with Crippen LogP contribution in [0.15, 0.2) is 54.6 Å². The van der Waals surface area contributed by atoms with Gasteiger partial charge in [0.25, 0.3) is 0 Å². The van der Waals surface area contributed by atoms with Gasteiger partial charge < -0.3 is 14.2 Å². The van der Waals surface area contributed by atoms with Crippen LogP contribution in [0.25, 0.3) is 0 Å². The van der Waals surface area contributed by atoms with Gasteiger partial charge in [-0.3, -0.25) is 10.2 Å². The number of nitrogens with one attached hydrogen (secondary N) is 1. The lowest BCUT2D eigenvalue weighted by Gasteiger charge is -2.26. The van der Waals surface area contributed by atoms with Crippen molar-refractivity contribution >= 4 is 24.2 Å². The molecule has 1 aliphatic rings. The molecule has 3 rings (SSSR count). The third-order valence-electron chi connectivity index (χ3n) is 4.09. The molecule has 0 saturated carbocycles. The Morgan fingerprint density at radius 3 is 2.44 bits per heavy atom. The Labute approximate surface area is 165 Å². The second-order valence-electron chi connectivity index (χ2n) is 6.01. The number of hydrogen-bond acceptors (Lipinski definition) is 5. The molecule has 0 aromatic heterocycles. The van der Waals surface area contributed by atoms with E-state index in [0.717, 1.165) is 44.2 Å². The Bertz CT molecular complexity index is 676. The summed E-state index contributed by atoms with van der Waals surface area (Å²) in [6.45, 7) is 5.26. The van der Waals surface area contributed by atoms with Gasteiger partial charge in [-0.05, 0) is 29.8 Å². The maximum atomic E-state index is 11.8. The highest BCUT2D eigenvalue weighted by atomic mass is 35.5. The van der Waals surface area contributed by atoms with Gasteiger partial charge in [-0.1, -0.05) is 30.3 Å². The van der Waals surface area contributed by atoms with Gasteiger partial charge in [-0.15, -0.1) is 12.4 Å². The van der Waals surface area contributed by atoms with Gasteiger partial charge in [0.1, 0.15) is 19.0 Å². The number of ether oxygens (including phenoxy) is 3. The monoisotopic (exact) mass is 392 g/mol. The molecule has 1 heterocycles. The van der Waals surface area contributed by atoms with E-state index in [1.54, 1.807) is 12.1 Å². The van der Waals surface area contributed by atoms with E-state index in [9.17, 15) is 4.79 Å². The van der Waals surface area contributed by atoms with Gasteiger partial charge in [-0.2, -0.15) is 0 Å². The number of nitrogens with zero attached hydrogens (tertiary/aromatic N) is 1. The lowest BCUT2D eigenvalue weighted by molar-refractivity contribution is 0.0322. The van der Waals surface area contributed by atoms with Gasteiger partial charge >= 0.3 is 6.09 Å². The van der Waals surface area contributed by atoms with Crippen LogP contribution in [0.5, 0.6) is 5.75 Å². The van der Waals surface area contributed by atoms with Crippen molar-refractivity contribution in [2.75, 3.05) is 44.8 Å². The zero-order valence-corrected chi connectivity index (χ0v) is 16.0. The summed E-state index contributed by atoms with van der Waals surface area (Å²) >= 11 is 0. The van der Waals surface area contributed by atoms with Crippen molar-refractivity contribution in [3.63, 3.8) is 0 Å². The molecule has 2 aromatic rings. The van der Waals surface area contributed by atoms with Crippen molar-refractivity contribution < 1.29 is 19.0 Å². The fourth-order valence-electron chi connectivity index (χ4n) is 2.63. The number of halogens is 1. The maximum Gasteiger partial charge on any atom is 0.411 e. The normalized spacial score (nSPS) is 14.1. The predicted molar refractivity (Wildman–Crippen MR) is 107 cm³/mol. The summed E-state index contributed by atoms with van der Waals surface area (Å²) in [5, 5.41) is 2.71. The number of carbonyl (C=O) groups is 1. The van der Waals surface area contributed by atoms with Crippen LogP contribution < -0.4 is 10.1 Å². The Hall–Kier alpha value is -2.28. The molecule has 1 N–H and O–H groups in total. The average Bonchev–Trinajstić information content (AvgIpc) is 2.69. The first-order valence-electron chi connectivity index (χ1n) is 8.80. The Balaban J connectivity index is 0.00000261. The topological polar surface area (TPSA) is 60.0 Å². The Morgan fingerprint density at radius 1 is 1.04 bits per heavy atom. The second kappa shape index (κ2) is 11.4. The van der Waals surface area contributed by atoms with Crippen LogP contribution in [-0.2, 0) is 16.1 Å². The van der Waals surface area contributed by atoms with Crippen molar-refractivity contribution in [3.8, 4) is 5.75 Å². The first kappa shape index (κ1) is 21.0. The summed E-state index contributed by atoms with van der Waals surface area (Å²) in [5.41, 5.74) is 1.62. The van der Waals surface area contributed by atoms with Crippen molar-refractivity contribution in [1.82, 2.24) is 4.90 Å². The van der Waals surface area contributed by atoms with Crippen molar-refractivity contribution in [2.45, 2.75) is 6.61 Å². The summed E-state index contributed by atoms with van der Waals surface area (Å²) in [6, 6.07) is 16.9. The maximum absolute atomic E-state index is 11.8. The molecule has 0 spiro atoms. The lowest BCUT2D eigenvalue weighted by Crippen LogP contribution is -2.38. The Kier molecular flexibility index (Phi) is 8.91. The summed E-state index contributed by atoms with van der Waals surface area (Å²) in [5.74, 6) is 0.779. The summed E-state index contributed by atoms with van der Waals surface area (Å²) in [4.78, 5) is 14.2. The zero-order chi connectivity index (χ0) is 18.0. The molecule has 2 aromatic carbocycles. The molecule has 27 heavy (non-hydrogen) atoms. The highest BCUT2D eigenvalue weighted by Crippen LogP contribution is 2.16. The molecule has 0 radical (unpaired) electrons. The van der Waals surface area contributed by atoms with Crippen LogP contribution in [0.1, 0.15) is 5.56 Å². The van der Waals surface area contributed by atoms with E-state index in [1.165, 1.54) is 0 Å². The molecule has 0 atom stereocenters. The molecular weight excluding hydrogens is 368 g/mol. The third-order valence-corrected chi connectivity index (χ3v) is 4.09. The first-order valence-corrected chi connectivity index (χ1v) is 8.80. The number of anilines is 1. The van der Waals surface area contributed by atoms with E-state index in [1.807, 2.05) is 42.5 Å². The van der Waals surface area contributed by atoms with Crippen LogP contribution in [-0.4, -0.2) is 50.4 Å². The minimum absolute atomic E-state index is 0. The van der Waals surface area contributed by atoms with Crippen LogP contribution in [0.4, 0.5) is 10.5 Å². The molecule has 0 bridgehead atoms. The molecule has 6 nitrogen and oxygen atoms in total. The van der Waals surface area contributed by atoms with E-state index in [0.29, 0.717) is 12.3 Å². The first-order chi connectivity index (χ1) is 12.8. The highest BCUT2D eigenvalue weighted by molar-refractivity contribution is 5.85. The Morgan fingerprint density at radius 2 is 1.74 bits per heavy atom. The number of benzene rings is 2. The molecule has 0 aliphatic carbocycles. The quantitative estimate of drug-likeness (QED) is 0.780. The lowest BCUT2D eigenvalue weighted by atomic mass is 10.2. The molecule has 7 heteroatoms. The molecule has 1 fully saturated rings. The van der Waals surface area contributed by atoms with Gasteiger partial charge in [0.2, 0.25) is 0 Å². The number of morpholine rings is 1. The minimum Gasteiger partial charge on any atom is -0.492 e. The van der Waals surface area contributed by atoms with E-state index in [4.69, 9.17) is 14.2 Å². The van der Waals surface area contributed by atoms with Crippen molar-refractivity contribution in [2.24, 2.45) is 0 Å². The predicted octanol–water partition coefficient (Wildman–Crippen LogP) is 3.57. The number of rotatable bonds is 7. The summed E-state index contributed by atoms with van der Waals surface area (Å²) in [6.07, 6.45) is -0.477. The van der Waals surface area contributed by atoms with Gasteiger partial charge in [0, 0.05) is 25.3 Å². The second-order valence-corrected chi connectivity index (χ2v) is 6.01. The molecular formula is C20H25ClN2O4. The van der Waals surface area contributed by atoms with E-state index in [2.05, 4.69) is 10.2 Å². The smallest absolute Gasteiger partial charge is 0.411 e.